The molecule has 1 N–H and O–H groups in total. The third-order valence-corrected chi connectivity index (χ3v) is 7.89. The first-order valence-corrected chi connectivity index (χ1v) is 13.1. The number of carbonyl (C=O) groups excluding carboxylic acids is 2. The number of piperidine rings is 1. The van der Waals surface area contributed by atoms with E-state index in [2.05, 4.69) is 16.5 Å². The second-order valence-corrected chi connectivity index (χ2v) is 10.4. The Hall–Kier alpha value is -3.40. The molecule has 0 radical (unpaired) electrons. The van der Waals surface area contributed by atoms with Crippen LogP contribution in [-0.2, 0) is 11.2 Å². The average molecular weight is 546 g/mol. The highest BCUT2D eigenvalue weighted by Gasteiger charge is 2.39. The van der Waals surface area contributed by atoms with Gasteiger partial charge in [-0.05, 0) is 71.2 Å². The predicted molar refractivity (Wildman–Crippen MR) is 143 cm³/mol. The van der Waals surface area contributed by atoms with Crippen molar-refractivity contribution >= 4 is 22.5 Å². The number of aromatic amines is 1. The molecule has 1 fully saturated rings. The van der Waals surface area contributed by atoms with E-state index in [1.807, 2.05) is 31.2 Å². The molecule has 1 aliphatic rings. The zero-order chi connectivity index (χ0) is 28.5. The molecule has 2 aromatic heterocycles. The van der Waals surface area contributed by atoms with Crippen LogP contribution in [0.4, 0.5) is 13.2 Å². The molecular weight excluding hydrogens is 511 g/mol. The fourth-order valence-corrected chi connectivity index (χ4v) is 5.83. The Balaban J connectivity index is 1.54. The van der Waals surface area contributed by atoms with Crippen LogP contribution < -0.4 is 10.3 Å². The van der Waals surface area contributed by atoms with Crippen molar-refractivity contribution in [1.82, 2.24) is 14.5 Å². The fraction of sp³-hybridized carbons (Fsp3) is 0.483. The molecule has 0 spiro atoms. The Morgan fingerprint density at radius 1 is 1.15 bits per heavy atom. The van der Waals surface area contributed by atoms with Gasteiger partial charge in [-0.2, -0.15) is 13.2 Å². The number of fused-ring (bicyclic) bond motifs is 1. The van der Waals surface area contributed by atoms with Crippen molar-refractivity contribution in [2.75, 3.05) is 26.7 Å². The van der Waals surface area contributed by atoms with Gasteiger partial charge in [0.2, 0.25) is 5.78 Å². The maximum absolute atomic E-state index is 13.6. The van der Waals surface area contributed by atoms with Gasteiger partial charge < -0.3 is 14.3 Å². The molecule has 3 aromatic rings. The number of ether oxygens (including phenoxy) is 1. The van der Waals surface area contributed by atoms with E-state index in [0.717, 1.165) is 16.6 Å². The Bertz CT molecular complexity index is 1430. The van der Waals surface area contributed by atoms with Crippen molar-refractivity contribution in [1.29, 1.82) is 0 Å². The van der Waals surface area contributed by atoms with E-state index >= 15 is 0 Å². The summed E-state index contributed by atoms with van der Waals surface area (Å²) < 4.78 is 45.6. The first kappa shape index (κ1) is 28.6. The van der Waals surface area contributed by atoms with Crippen molar-refractivity contribution in [2.45, 2.75) is 58.7 Å². The van der Waals surface area contributed by atoms with E-state index < -0.39 is 18.5 Å². The largest absolute Gasteiger partial charge is 0.496 e. The van der Waals surface area contributed by atoms with E-state index in [-0.39, 0.29) is 36.1 Å². The maximum Gasteiger partial charge on any atom is 0.451 e. The van der Waals surface area contributed by atoms with Crippen molar-refractivity contribution in [2.24, 2.45) is 5.92 Å². The number of hydrogen-bond donors (Lipinski definition) is 1. The van der Waals surface area contributed by atoms with Crippen LogP contribution >= 0.6 is 0 Å². The average Bonchev–Trinajstić information content (AvgIpc) is 3.18. The summed E-state index contributed by atoms with van der Waals surface area (Å²) in [6.07, 6.45) is -3.14. The third kappa shape index (κ3) is 5.95. The summed E-state index contributed by atoms with van der Waals surface area (Å²) in [5.41, 5.74) is 3.21. The van der Waals surface area contributed by atoms with Crippen LogP contribution in [0.2, 0.25) is 0 Å². The molecule has 7 nitrogen and oxygen atoms in total. The highest BCUT2D eigenvalue weighted by Crippen LogP contribution is 2.36. The van der Waals surface area contributed by atoms with Gasteiger partial charge in [0.25, 0.3) is 5.56 Å². The fourth-order valence-electron chi connectivity index (χ4n) is 5.83. The van der Waals surface area contributed by atoms with Crippen LogP contribution in [0, 0.1) is 19.8 Å². The zero-order valence-electron chi connectivity index (χ0n) is 22.7. The number of aryl methyl sites for hydroxylation is 1. The van der Waals surface area contributed by atoms with Gasteiger partial charge >= 0.3 is 6.18 Å². The number of carbonyl (C=O) groups is 2. The normalized spacial score (nSPS) is 16.0. The van der Waals surface area contributed by atoms with E-state index in [1.165, 1.54) is 7.11 Å². The van der Waals surface area contributed by atoms with Crippen LogP contribution in [0.25, 0.3) is 10.9 Å². The van der Waals surface area contributed by atoms with Crippen LogP contribution in [0.15, 0.2) is 35.1 Å². The number of methoxy groups -OCH3 is 1. The number of hydrogen-bond acceptors (Lipinski definition) is 5. The van der Waals surface area contributed by atoms with Gasteiger partial charge in [0.15, 0.2) is 5.78 Å². The third-order valence-electron chi connectivity index (χ3n) is 7.89. The summed E-state index contributed by atoms with van der Waals surface area (Å²) in [5, 5.41) is 0.838. The van der Waals surface area contributed by atoms with E-state index in [0.29, 0.717) is 48.5 Å². The van der Waals surface area contributed by atoms with Crippen molar-refractivity contribution in [3.63, 3.8) is 0 Å². The topological polar surface area (TPSA) is 84.4 Å². The first-order valence-electron chi connectivity index (χ1n) is 13.1. The molecule has 1 aliphatic heterocycles. The molecule has 0 saturated carbocycles. The number of pyridine rings is 1. The number of Topliss-reactive ketones (excluding diaryl/α,β-unsaturated/α-hetero) is 2. The lowest BCUT2D eigenvalue weighted by Gasteiger charge is -2.36. The number of nitrogens with one attached hydrogen (secondary N) is 1. The molecule has 4 rings (SSSR count). The molecule has 10 heteroatoms. The van der Waals surface area contributed by atoms with Crippen LogP contribution in [0.5, 0.6) is 5.75 Å². The van der Waals surface area contributed by atoms with Crippen LogP contribution in [0.3, 0.4) is 0 Å². The lowest BCUT2D eigenvalue weighted by molar-refractivity contribution is -0.172. The number of halogens is 3. The summed E-state index contributed by atoms with van der Waals surface area (Å²) in [5.74, 6) is -1.15. The SMILES string of the molecule is COc1cc(C)[nH]c(=O)c1CCC(=O)c1c(C)n([C@H](C)C2CCN(CC(=O)C(F)(F)F)CC2)c2ccccc12. The van der Waals surface area contributed by atoms with Gasteiger partial charge in [0.05, 0.1) is 19.2 Å². The highest BCUT2D eigenvalue weighted by molar-refractivity contribution is 6.09. The second kappa shape index (κ2) is 11.4. The monoisotopic (exact) mass is 545 g/mol. The minimum absolute atomic E-state index is 0.00282. The lowest BCUT2D eigenvalue weighted by Crippen LogP contribution is -2.42. The number of ketones is 2. The number of alkyl halides is 3. The maximum atomic E-state index is 13.6. The summed E-state index contributed by atoms with van der Waals surface area (Å²) in [6.45, 7) is 5.97. The van der Waals surface area contributed by atoms with Gasteiger partial charge in [-0.15, -0.1) is 0 Å². The van der Waals surface area contributed by atoms with Crippen molar-refractivity contribution < 1.29 is 27.5 Å². The van der Waals surface area contributed by atoms with Gasteiger partial charge in [-0.1, -0.05) is 18.2 Å². The quantitative estimate of drug-likeness (QED) is 0.375. The lowest BCUT2D eigenvalue weighted by atomic mass is 9.89. The highest BCUT2D eigenvalue weighted by atomic mass is 19.4. The van der Waals surface area contributed by atoms with Crippen LogP contribution in [0.1, 0.15) is 59.5 Å². The molecule has 3 heterocycles. The molecule has 1 aromatic carbocycles. The Morgan fingerprint density at radius 2 is 1.82 bits per heavy atom. The Morgan fingerprint density at radius 3 is 2.46 bits per heavy atom. The van der Waals surface area contributed by atoms with Crippen molar-refractivity contribution in [3.05, 3.63) is 63.2 Å². The molecule has 1 saturated heterocycles. The van der Waals surface area contributed by atoms with E-state index in [1.54, 1.807) is 17.9 Å². The molecule has 0 aliphatic carbocycles. The second-order valence-electron chi connectivity index (χ2n) is 10.4. The molecule has 210 valence electrons. The van der Waals surface area contributed by atoms with Gasteiger partial charge in [-0.3, -0.25) is 19.3 Å². The summed E-state index contributed by atoms with van der Waals surface area (Å²) in [4.78, 5) is 41.8. The number of aromatic nitrogens is 2. The molecule has 0 amide bonds. The number of para-hydroxylation sites is 1. The zero-order valence-corrected chi connectivity index (χ0v) is 22.7. The number of rotatable bonds is 9. The number of likely N-dealkylation sites (tertiary alicyclic amines) is 1. The smallest absolute Gasteiger partial charge is 0.451 e. The summed E-state index contributed by atoms with van der Waals surface area (Å²) in [6, 6.07) is 9.43. The molecule has 39 heavy (non-hydrogen) atoms. The van der Waals surface area contributed by atoms with E-state index in [4.69, 9.17) is 4.74 Å². The van der Waals surface area contributed by atoms with Crippen LogP contribution in [-0.4, -0.2) is 58.9 Å². The minimum atomic E-state index is -4.81. The predicted octanol–water partition coefficient (Wildman–Crippen LogP) is 5.17. The molecule has 0 unspecified atom stereocenters. The number of H-pyrrole nitrogens is 1. The van der Waals surface area contributed by atoms with E-state index in [9.17, 15) is 27.6 Å². The first-order chi connectivity index (χ1) is 18.4. The summed E-state index contributed by atoms with van der Waals surface area (Å²) >= 11 is 0. The van der Waals surface area contributed by atoms with Gasteiger partial charge in [0.1, 0.15) is 5.75 Å². The van der Waals surface area contributed by atoms with Crippen molar-refractivity contribution in [3.8, 4) is 5.75 Å². The van der Waals surface area contributed by atoms with Gasteiger partial charge in [0, 0.05) is 40.3 Å². The Labute approximate surface area is 224 Å². The summed E-state index contributed by atoms with van der Waals surface area (Å²) in [7, 11) is 1.50. The number of benzene rings is 1. The molecular formula is C29H34F3N3O4. The standard InChI is InChI=1S/C29H34F3N3O4/c1-17-15-25(39-4)22(28(38)33-17)9-10-24(36)27-19(3)35(23-8-6-5-7-21(23)27)18(2)20-11-13-34(14-12-20)16-26(37)29(30,31)32/h5-8,15,18,20H,9-14,16H2,1-4H3,(H,33,38)/t18-/m1/s1. The molecule has 0 bridgehead atoms. The molecule has 1 atom stereocenters. The number of nitrogens with zero attached hydrogens (tertiary/aromatic N) is 2. The minimum Gasteiger partial charge on any atom is -0.496 e. The Kier molecular flexibility index (Phi) is 8.34. The van der Waals surface area contributed by atoms with Gasteiger partial charge in [-0.25, -0.2) is 0 Å².